The van der Waals surface area contributed by atoms with E-state index in [2.05, 4.69) is 38.2 Å². The maximum Gasteiger partial charge on any atom is 0.265 e. The van der Waals surface area contributed by atoms with E-state index in [9.17, 15) is 9.59 Å². The van der Waals surface area contributed by atoms with E-state index in [0.29, 0.717) is 23.6 Å². The lowest BCUT2D eigenvalue weighted by molar-refractivity contribution is -0.912. The van der Waals surface area contributed by atoms with Crippen molar-refractivity contribution in [2.75, 3.05) is 31.1 Å². The lowest BCUT2D eigenvalue weighted by Gasteiger charge is -2.32. The molecule has 5 nitrogen and oxygen atoms in total. The number of thioether (sulfide) groups is 1. The van der Waals surface area contributed by atoms with Crippen LogP contribution in [0.25, 0.3) is 6.08 Å². The molecule has 2 heterocycles. The van der Waals surface area contributed by atoms with E-state index in [1.807, 2.05) is 71.6 Å². The van der Waals surface area contributed by atoms with Gasteiger partial charge in [0.25, 0.3) is 11.8 Å². The number of piperidine rings is 1. The van der Waals surface area contributed by atoms with Crippen LogP contribution in [0, 0.1) is 18.8 Å². The summed E-state index contributed by atoms with van der Waals surface area (Å²) in [6, 6.07) is 23.9. The predicted molar refractivity (Wildman–Crippen MR) is 165 cm³/mol. The summed E-state index contributed by atoms with van der Waals surface area (Å²) in [5.41, 5.74) is 4.58. The standard InChI is InChI=1S/C34H39N3O2S/c1-24-9-7-12-28(18-24)23-37-30-20-29(33(38)35-15-8-16-36-21-25(2)17-26(3)22-36)13-14-31(30)40-32(34(37)39)19-27-10-5-4-6-11-27/h4-7,9-14,18-20,25-26H,8,15-17,21-23H2,1-3H3,(H,35,38)/p+1. The molecule has 1 saturated heterocycles. The van der Waals surface area contributed by atoms with Gasteiger partial charge in [-0.2, -0.15) is 0 Å². The number of aryl methyl sites for hydroxylation is 1. The van der Waals surface area contributed by atoms with Gasteiger partial charge in [-0.15, -0.1) is 0 Å². The molecule has 2 atom stereocenters. The van der Waals surface area contributed by atoms with Crippen LogP contribution in [0.4, 0.5) is 5.69 Å². The van der Waals surface area contributed by atoms with Gasteiger partial charge < -0.3 is 15.1 Å². The van der Waals surface area contributed by atoms with Crippen molar-refractivity contribution in [1.29, 1.82) is 0 Å². The van der Waals surface area contributed by atoms with Crippen LogP contribution in [0.2, 0.25) is 0 Å². The molecule has 5 rings (SSSR count). The number of benzene rings is 3. The van der Waals surface area contributed by atoms with Gasteiger partial charge in [0, 0.05) is 35.3 Å². The summed E-state index contributed by atoms with van der Waals surface area (Å²) in [6.07, 6.45) is 4.24. The average molecular weight is 555 g/mol. The molecule has 1 fully saturated rings. The summed E-state index contributed by atoms with van der Waals surface area (Å²) in [5, 5.41) is 3.12. The van der Waals surface area contributed by atoms with Crippen molar-refractivity contribution >= 4 is 35.3 Å². The van der Waals surface area contributed by atoms with E-state index in [1.54, 1.807) is 4.90 Å². The van der Waals surface area contributed by atoms with E-state index >= 15 is 0 Å². The molecular weight excluding hydrogens is 514 g/mol. The van der Waals surface area contributed by atoms with Crippen molar-refractivity contribution < 1.29 is 14.5 Å². The summed E-state index contributed by atoms with van der Waals surface area (Å²) in [5.74, 6) is 1.41. The Morgan fingerprint density at radius 1 is 1.02 bits per heavy atom. The zero-order chi connectivity index (χ0) is 28.1. The zero-order valence-corrected chi connectivity index (χ0v) is 24.6. The Bertz CT molecular complexity index is 1380. The number of anilines is 1. The van der Waals surface area contributed by atoms with Gasteiger partial charge in [-0.3, -0.25) is 9.59 Å². The topological polar surface area (TPSA) is 53.9 Å². The zero-order valence-electron chi connectivity index (χ0n) is 23.8. The number of hydrogen-bond donors (Lipinski definition) is 2. The lowest BCUT2D eigenvalue weighted by Crippen LogP contribution is -3.14. The summed E-state index contributed by atoms with van der Waals surface area (Å²) in [4.78, 5) is 32.1. The van der Waals surface area contributed by atoms with Crippen LogP contribution in [0.5, 0.6) is 0 Å². The Morgan fingerprint density at radius 2 is 1.80 bits per heavy atom. The molecule has 0 bridgehead atoms. The van der Waals surface area contributed by atoms with Crippen LogP contribution in [-0.2, 0) is 11.3 Å². The Balaban J connectivity index is 1.32. The normalized spacial score (nSPS) is 21.8. The molecular formula is C34H40N3O2S+. The second kappa shape index (κ2) is 12.9. The monoisotopic (exact) mass is 554 g/mol. The van der Waals surface area contributed by atoms with Gasteiger partial charge in [0.1, 0.15) is 0 Å². The lowest BCUT2D eigenvalue weighted by atomic mass is 9.92. The van der Waals surface area contributed by atoms with Crippen molar-refractivity contribution in [2.24, 2.45) is 11.8 Å². The highest BCUT2D eigenvalue weighted by Crippen LogP contribution is 2.43. The van der Waals surface area contributed by atoms with E-state index in [1.165, 1.54) is 31.3 Å². The van der Waals surface area contributed by atoms with Gasteiger partial charge in [-0.05, 0) is 48.7 Å². The molecule has 0 aliphatic carbocycles. The van der Waals surface area contributed by atoms with E-state index in [4.69, 9.17) is 0 Å². The fourth-order valence-corrected chi connectivity index (χ4v) is 7.11. The number of fused-ring (bicyclic) bond motifs is 1. The number of nitrogens with zero attached hydrogens (tertiary/aromatic N) is 1. The average Bonchev–Trinajstić information content (AvgIpc) is 2.93. The molecule has 2 amide bonds. The molecule has 0 saturated carbocycles. The number of nitrogens with one attached hydrogen (secondary N) is 2. The fourth-order valence-electron chi connectivity index (χ4n) is 6.07. The molecule has 2 aliphatic heterocycles. The Morgan fingerprint density at radius 3 is 2.55 bits per heavy atom. The van der Waals surface area contributed by atoms with Crippen molar-refractivity contribution in [3.05, 3.63) is 100.0 Å². The molecule has 0 spiro atoms. The minimum absolute atomic E-state index is 0.0478. The van der Waals surface area contributed by atoms with Crippen LogP contribution in [-0.4, -0.2) is 38.0 Å². The Labute approximate surface area is 242 Å². The number of amides is 2. The van der Waals surface area contributed by atoms with Gasteiger partial charge in [-0.1, -0.05) is 85.8 Å². The Hall–Kier alpha value is -3.35. The maximum atomic E-state index is 13.8. The number of carbonyl (C=O) groups excluding carboxylic acids is 2. The molecule has 0 aromatic heterocycles. The first kappa shape index (κ1) is 28.2. The second-order valence-corrected chi connectivity index (χ2v) is 12.6. The fraction of sp³-hybridized carbons (Fsp3) is 0.353. The third-order valence-electron chi connectivity index (χ3n) is 7.78. The molecule has 2 unspecified atom stereocenters. The first-order chi connectivity index (χ1) is 19.4. The summed E-state index contributed by atoms with van der Waals surface area (Å²) < 4.78 is 0. The molecule has 2 N–H and O–H groups in total. The molecule has 3 aromatic rings. The van der Waals surface area contributed by atoms with Crippen LogP contribution < -0.4 is 15.1 Å². The van der Waals surface area contributed by atoms with Crippen LogP contribution in [0.3, 0.4) is 0 Å². The maximum absolute atomic E-state index is 13.8. The third-order valence-corrected chi connectivity index (χ3v) is 8.86. The summed E-state index contributed by atoms with van der Waals surface area (Å²) in [7, 11) is 0. The molecule has 2 aliphatic rings. The van der Waals surface area contributed by atoms with Gasteiger partial charge in [0.15, 0.2) is 0 Å². The summed E-state index contributed by atoms with van der Waals surface area (Å²) in [6.45, 7) is 11.4. The highest BCUT2D eigenvalue weighted by molar-refractivity contribution is 8.04. The molecule has 40 heavy (non-hydrogen) atoms. The van der Waals surface area contributed by atoms with Gasteiger partial charge >= 0.3 is 0 Å². The Kier molecular flexibility index (Phi) is 9.08. The number of rotatable bonds is 8. The highest BCUT2D eigenvalue weighted by atomic mass is 32.2. The van der Waals surface area contributed by atoms with Crippen LogP contribution >= 0.6 is 11.8 Å². The number of hydrogen-bond acceptors (Lipinski definition) is 3. The van der Waals surface area contributed by atoms with Crippen LogP contribution in [0.15, 0.2) is 82.6 Å². The van der Waals surface area contributed by atoms with E-state index in [-0.39, 0.29) is 11.8 Å². The number of quaternary nitrogens is 1. The quantitative estimate of drug-likeness (QED) is 0.291. The first-order valence-electron chi connectivity index (χ1n) is 14.4. The molecule has 3 aromatic carbocycles. The third kappa shape index (κ3) is 7.04. The van der Waals surface area contributed by atoms with Crippen molar-refractivity contribution in [3.8, 4) is 0 Å². The molecule has 6 heteroatoms. The van der Waals surface area contributed by atoms with Gasteiger partial charge in [0.05, 0.1) is 36.8 Å². The first-order valence-corrected chi connectivity index (χ1v) is 15.2. The smallest absolute Gasteiger partial charge is 0.265 e. The highest BCUT2D eigenvalue weighted by Gasteiger charge is 2.30. The molecule has 208 valence electrons. The van der Waals surface area contributed by atoms with Crippen molar-refractivity contribution in [3.63, 3.8) is 0 Å². The predicted octanol–water partition coefficient (Wildman–Crippen LogP) is 5.36. The molecule has 0 radical (unpaired) electrons. The van der Waals surface area contributed by atoms with Gasteiger partial charge in [0.2, 0.25) is 0 Å². The van der Waals surface area contributed by atoms with E-state index in [0.717, 1.165) is 52.1 Å². The minimum atomic E-state index is -0.0863. The number of likely N-dealkylation sites (tertiary alicyclic amines) is 1. The van der Waals surface area contributed by atoms with E-state index < -0.39 is 0 Å². The van der Waals surface area contributed by atoms with Crippen molar-refractivity contribution in [1.82, 2.24) is 5.32 Å². The van der Waals surface area contributed by atoms with Gasteiger partial charge in [-0.25, -0.2) is 0 Å². The van der Waals surface area contributed by atoms with Crippen molar-refractivity contribution in [2.45, 2.75) is 45.1 Å². The van der Waals surface area contributed by atoms with Crippen LogP contribution in [0.1, 0.15) is 53.7 Å². The largest absolute Gasteiger partial charge is 0.352 e. The summed E-state index contributed by atoms with van der Waals surface area (Å²) >= 11 is 1.47. The number of carbonyl (C=O) groups is 2. The second-order valence-electron chi connectivity index (χ2n) is 11.5. The minimum Gasteiger partial charge on any atom is -0.352 e. The SMILES string of the molecule is Cc1cccc(CN2C(=O)C(=Cc3ccccc3)Sc3ccc(C(=O)NCCC[NH+]4CC(C)CC(C)C4)cc32)c1.